The molecule has 1 aromatic heterocycles. The van der Waals surface area contributed by atoms with Gasteiger partial charge in [-0.1, -0.05) is 12.8 Å². The second kappa shape index (κ2) is 22.2. The van der Waals surface area contributed by atoms with E-state index in [4.69, 9.17) is 19.3 Å². The molecule has 8 unspecified atom stereocenters. The van der Waals surface area contributed by atoms with Crippen LogP contribution in [0.5, 0.6) is 0 Å². The Labute approximate surface area is 331 Å². The average molecular weight is 894 g/mol. The molecule has 3 saturated heterocycles. The van der Waals surface area contributed by atoms with Gasteiger partial charge in [0, 0.05) is 56.1 Å². The van der Waals surface area contributed by atoms with Crippen molar-refractivity contribution >= 4 is 58.9 Å². The molecule has 24 nitrogen and oxygen atoms in total. The third-order valence-electron chi connectivity index (χ3n) is 8.77. The second-order valence-corrected chi connectivity index (χ2v) is 18.9. The van der Waals surface area contributed by atoms with Gasteiger partial charge < -0.3 is 60.7 Å². The molecule has 4 rings (SSSR count). The maximum Gasteiger partial charge on any atom is 0.490 e. The molecular weight excluding hydrogens is 843 g/mol. The molecule has 4 heterocycles. The maximum absolute atomic E-state index is 12.6. The van der Waals surface area contributed by atoms with Gasteiger partial charge in [-0.3, -0.25) is 18.7 Å². The average Bonchev–Trinajstić information content (AvgIpc) is 3.78. The number of aliphatic hydroxyl groups excluding tert-OH is 1. The maximum atomic E-state index is 12.6. The molecule has 57 heavy (non-hydrogen) atoms. The highest BCUT2D eigenvalue weighted by Crippen LogP contribution is 2.66. The molecular formula is C29H50N7O17P3S. The van der Waals surface area contributed by atoms with Crippen LogP contribution in [-0.4, -0.2) is 127 Å². The van der Waals surface area contributed by atoms with Crippen molar-refractivity contribution in [2.24, 2.45) is 0 Å². The third-order valence-corrected chi connectivity index (χ3v) is 14.1. The molecule has 0 aliphatic carbocycles. The van der Waals surface area contributed by atoms with E-state index in [9.17, 15) is 47.8 Å². The van der Waals surface area contributed by atoms with Crippen LogP contribution in [0.2, 0.25) is 0 Å². The molecule has 8 atom stereocenters. The number of nitrogens with one attached hydrogen (secondary N) is 5. The first-order valence-corrected chi connectivity index (χ1v) is 23.7. The summed E-state index contributed by atoms with van der Waals surface area (Å²) in [5.74, 6) is 1.05. The second-order valence-electron chi connectivity index (χ2n) is 13.2. The summed E-state index contributed by atoms with van der Waals surface area (Å²) < 4.78 is 57.9. The Morgan fingerprint density at radius 3 is 2.35 bits per heavy atom. The quantitative estimate of drug-likeness (QED) is 0.0337. The third kappa shape index (κ3) is 17.0. The predicted octanol–water partition coefficient (Wildman–Crippen LogP) is 0.182. The Morgan fingerprint density at radius 2 is 1.63 bits per heavy atom. The number of rotatable bonds is 26. The highest BCUT2D eigenvalue weighted by atomic mass is 32.2. The molecule has 4 amide bonds. The van der Waals surface area contributed by atoms with Crippen molar-refractivity contribution < 1.29 is 75.4 Å². The lowest BCUT2D eigenvalue weighted by molar-refractivity contribution is -0.122. The van der Waals surface area contributed by atoms with E-state index in [1.54, 1.807) is 0 Å². The SMILES string of the molecule is O=C(CCCCC1SCC2NC(=O)NC21)NCCCCCC(=O)NCCOCCNc1ccn(C2CC(O)C(COP(=O)(O)OP(=O)(O)OP(=O)(O)O)O2)c(=O)n1. The summed E-state index contributed by atoms with van der Waals surface area (Å²) in [4.78, 5) is 88.3. The molecule has 3 aliphatic heterocycles. The number of ether oxygens (including phenoxy) is 2. The van der Waals surface area contributed by atoms with Crippen LogP contribution >= 0.6 is 35.2 Å². The van der Waals surface area contributed by atoms with Crippen molar-refractivity contribution in [1.29, 1.82) is 0 Å². The number of fused-ring (bicyclic) bond motifs is 1. The van der Waals surface area contributed by atoms with Crippen LogP contribution in [0, 0.1) is 0 Å². The molecule has 10 N–H and O–H groups in total. The van der Waals surface area contributed by atoms with Gasteiger partial charge in [0.15, 0.2) is 0 Å². The molecule has 3 aliphatic rings. The first-order valence-electron chi connectivity index (χ1n) is 18.1. The minimum absolute atomic E-state index is 0.0233. The van der Waals surface area contributed by atoms with Crippen LogP contribution < -0.4 is 32.3 Å². The van der Waals surface area contributed by atoms with E-state index in [-0.39, 0.29) is 61.9 Å². The summed E-state index contributed by atoms with van der Waals surface area (Å²) in [6.45, 7) is 0.758. The lowest BCUT2D eigenvalue weighted by atomic mass is 10.0. The van der Waals surface area contributed by atoms with E-state index in [2.05, 4.69) is 44.7 Å². The Balaban J connectivity index is 0.979. The van der Waals surface area contributed by atoms with Crippen LogP contribution in [-0.2, 0) is 45.9 Å². The number of thioether (sulfide) groups is 1. The predicted molar refractivity (Wildman–Crippen MR) is 201 cm³/mol. The lowest BCUT2D eigenvalue weighted by Crippen LogP contribution is -2.36. The number of carbonyl (C=O) groups excluding carboxylic acids is 3. The van der Waals surface area contributed by atoms with Crippen LogP contribution in [0.15, 0.2) is 17.1 Å². The zero-order chi connectivity index (χ0) is 41.6. The van der Waals surface area contributed by atoms with Crippen LogP contribution in [0.4, 0.5) is 10.6 Å². The number of aromatic nitrogens is 2. The smallest absolute Gasteiger partial charge is 0.390 e. The van der Waals surface area contributed by atoms with E-state index in [0.717, 1.165) is 42.4 Å². The molecule has 3 fully saturated rings. The number of anilines is 1. The fourth-order valence-corrected chi connectivity index (χ4v) is 10.7. The summed E-state index contributed by atoms with van der Waals surface area (Å²) in [6.07, 6.45) is 3.23. The number of carbonyl (C=O) groups is 3. The number of phosphoric ester groups is 1. The molecule has 0 aromatic carbocycles. The molecule has 0 spiro atoms. The number of nitrogens with zero attached hydrogens (tertiary/aromatic N) is 2. The van der Waals surface area contributed by atoms with Crippen molar-refractivity contribution in [3.63, 3.8) is 0 Å². The first-order chi connectivity index (χ1) is 26.9. The Bertz CT molecular complexity index is 1720. The van der Waals surface area contributed by atoms with Crippen molar-refractivity contribution in [2.45, 2.75) is 93.6 Å². The Kier molecular flexibility index (Phi) is 18.4. The van der Waals surface area contributed by atoms with E-state index in [1.807, 2.05) is 11.8 Å². The summed E-state index contributed by atoms with van der Waals surface area (Å²) in [7, 11) is -16.7. The molecule has 28 heteroatoms. The van der Waals surface area contributed by atoms with Crippen molar-refractivity contribution in [3.8, 4) is 0 Å². The number of unbranched alkanes of at least 4 members (excludes halogenated alkanes) is 3. The topological polar surface area (TPSA) is 345 Å². The summed E-state index contributed by atoms with van der Waals surface area (Å²) in [6, 6.07) is 1.75. The van der Waals surface area contributed by atoms with Gasteiger partial charge in [-0.05, 0) is 31.7 Å². The fraction of sp³-hybridized carbons (Fsp3) is 0.759. The van der Waals surface area contributed by atoms with E-state index in [0.29, 0.717) is 37.6 Å². The molecule has 324 valence electrons. The number of aliphatic hydroxyl groups is 1. The van der Waals surface area contributed by atoms with Gasteiger partial charge in [0.2, 0.25) is 11.8 Å². The van der Waals surface area contributed by atoms with Crippen LogP contribution in [0.1, 0.15) is 64.0 Å². The first kappa shape index (κ1) is 47.2. The largest absolute Gasteiger partial charge is 0.490 e. The zero-order valence-corrected chi connectivity index (χ0v) is 34.2. The highest BCUT2D eigenvalue weighted by molar-refractivity contribution is 8.00. The Hall–Kier alpha value is -2.47. The summed E-state index contributed by atoms with van der Waals surface area (Å²) >= 11 is 1.87. The lowest BCUT2D eigenvalue weighted by Gasteiger charge is -2.19. The highest BCUT2D eigenvalue weighted by Gasteiger charge is 2.44. The van der Waals surface area contributed by atoms with Gasteiger partial charge in [-0.25, -0.2) is 23.3 Å². The number of hydrogen-bond acceptors (Lipinski definition) is 16. The summed E-state index contributed by atoms with van der Waals surface area (Å²) in [5, 5.41) is 25.2. The number of hydrogen-bond donors (Lipinski definition) is 10. The fourth-order valence-electron chi connectivity index (χ4n) is 6.12. The van der Waals surface area contributed by atoms with Gasteiger partial charge in [0.05, 0.1) is 38.0 Å². The minimum atomic E-state index is -5.72. The minimum Gasteiger partial charge on any atom is -0.390 e. The number of urea groups is 1. The van der Waals surface area contributed by atoms with Gasteiger partial charge in [-0.15, -0.1) is 0 Å². The molecule has 0 saturated carbocycles. The van der Waals surface area contributed by atoms with Gasteiger partial charge >= 0.3 is 35.2 Å². The Morgan fingerprint density at radius 1 is 0.930 bits per heavy atom. The van der Waals surface area contributed by atoms with Gasteiger partial charge in [-0.2, -0.15) is 25.4 Å². The zero-order valence-electron chi connectivity index (χ0n) is 30.7. The van der Waals surface area contributed by atoms with Gasteiger partial charge in [0.25, 0.3) is 0 Å². The van der Waals surface area contributed by atoms with Gasteiger partial charge in [0.1, 0.15) is 18.1 Å². The normalized spacial score (nSPS) is 25.2. The van der Waals surface area contributed by atoms with E-state index in [1.165, 1.54) is 12.3 Å². The number of amides is 4. The standard InChI is InChI=1S/C29H50N7O17P3S/c37-20-16-26(51-21(20)17-50-55(45,46)53-56(47,48)52-54(42,43)44)36-13-9-23(34-29(36)41)30-11-14-49-15-12-32-25(39)7-2-1-5-10-31-24(38)8-4-3-6-22-27-19(18-57-22)33-28(40)35-27/h9,13,19-22,26-27,37H,1-8,10-12,14-18H2,(H,31,38)(H,32,39)(H,45,46)(H,47,48)(H,30,34,41)(H2,33,35,40)(H2,42,43,44). The molecule has 0 radical (unpaired) electrons. The number of phosphoric acid groups is 3. The summed E-state index contributed by atoms with van der Waals surface area (Å²) in [5.41, 5.74) is -0.765. The van der Waals surface area contributed by atoms with E-state index >= 15 is 0 Å². The molecule has 0 bridgehead atoms. The van der Waals surface area contributed by atoms with Crippen molar-refractivity contribution in [2.75, 3.05) is 50.5 Å². The van der Waals surface area contributed by atoms with Crippen molar-refractivity contribution in [1.82, 2.24) is 30.8 Å². The van der Waals surface area contributed by atoms with E-state index < -0.39 is 54.2 Å². The van der Waals surface area contributed by atoms with Crippen LogP contribution in [0.25, 0.3) is 0 Å². The monoisotopic (exact) mass is 893 g/mol. The van der Waals surface area contributed by atoms with Crippen molar-refractivity contribution in [3.05, 3.63) is 22.7 Å². The van der Waals surface area contributed by atoms with Crippen LogP contribution in [0.3, 0.4) is 0 Å². The molecule has 1 aromatic rings.